The van der Waals surface area contributed by atoms with Gasteiger partial charge < -0.3 is 4.74 Å². The SMILES string of the molecule is FOCCOCCOF. The van der Waals surface area contributed by atoms with Crippen LogP contribution in [0.1, 0.15) is 0 Å². The summed E-state index contributed by atoms with van der Waals surface area (Å²) in [6.45, 7) is -0.0434. The molecule has 0 radical (unpaired) electrons. The zero-order valence-corrected chi connectivity index (χ0v) is 4.81. The summed E-state index contributed by atoms with van der Waals surface area (Å²) in [6, 6.07) is 0. The van der Waals surface area contributed by atoms with Crippen LogP contribution >= 0.6 is 0 Å². The normalized spacial score (nSPS) is 10.0. The third kappa shape index (κ3) is 7.74. The Morgan fingerprint density at radius 3 is 1.56 bits per heavy atom. The summed E-state index contributed by atoms with van der Waals surface area (Å²) in [5, 5.41) is 0. The predicted molar refractivity (Wildman–Crippen MR) is 24.9 cm³/mol. The van der Waals surface area contributed by atoms with Crippen LogP contribution in [0.3, 0.4) is 0 Å². The number of rotatable bonds is 6. The zero-order chi connectivity index (χ0) is 6.95. The summed E-state index contributed by atoms with van der Waals surface area (Å²) in [7, 11) is 0. The van der Waals surface area contributed by atoms with E-state index in [9.17, 15) is 9.05 Å². The predicted octanol–water partition coefficient (Wildman–Crippen LogP) is 0.805. The van der Waals surface area contributed by atoms with Crippen molar-refractivity contribution in [3.63, 3.8) is 0 Å². The maximum absolute atomic E-state index is 10.8. The maximum atomic E-state index is 10.8. The van der Waals surface area contributed by atoms with Crippen molar-refractivity contribution in [3.05, 3.63) is 0 Å². The molecule has 0 heterocycles. The van der Waals surface area contributed by atoms with Crippen LogP contribution in [-0.2, 0) is 14.6 Å². The van der Waals surface area contributed by atoms with E-state index in [1.54, 1.807) is 0 Å². The van der Waals surface area contributed by atoms with Crippen molar-refractivity contribution in [1.29, 1.82) is 0 Å². The molecule has 0 amide bonds. The summed E-state index contributed by atoms with van der Waals surface area (Å²) in [6.07, 6.45) is 0. The van der Waals surface area contributed by atoms with Gasteiger partial charge in [-0.3, -0.25) is 0 Å². The van der Waals surface area contributed by atoms with Crippen molar-refractivity contribution in [1.82, 2.24) is 0 Å². The Bertz CT molecular complexity index is 47.1. The Morgan fingerprint density at radius 1 is 0.778 bits per heavy atom. The molecule has 0 unspecified atom stereocenters. The number of ether oxygens (including phenoxy) is 1. The minimum atomic E-state index is -0.133. The lowest BCUT2D eigenvalue weighted by Gasteiger charge is -1.97. The van der Waals surface area contributed by atoms with Crippen LogP contribution in [0.15, 0.2) is 0 Å². The number of hydrogen-bond donors (Lipinski definition) is 0. The monoisotopic (exact) mass is 142 g/mol. The summed E-state index contributed by atoms with van der Waals surface area (Å²) >= 11 is 0. The second kappa shape index (κ2) is 7.74. The fourth-order valence-electron chi connectivity index (χ4n) is 0.283. The Hall–Kier alpha value is -0.260. The molecule has 0 bridgehead atoms. The Labute approximate surface area is 51.3 Å². The van der Waals surface area contributed by atoms with E-state index in [0.717, 1.165) is 0 Å². The van der Waals surface area contributed by atoms with Crippen LogP contribution < -0.4 is 0 Å². The van der Waals surface area contributed by atoms with Gasteiger partial charge in [0.2, 0.25) is 0 Å². The number of hydrogen-bond acceptors (Lipinski definition) is 3. The van der Waals surface area contributed by atoms with Crippen molar-refractivity contribution in [2.24, 2.45) is 0 Å². The molecule has 0 aromatic heterocycles. The van der Waals surface area contributed by atoms with Crippen molar-refractivity contribution < 1.29 is 23.7 Å². The van der Waals surface area contributed by atoms with Crippen LogP contribution in [0.4, 0.5) is 9.05 Å². The van der Waals surface area contributed by atoms with E-state index in [1.165, 1.54) is 0 Å². The molecule has 0 rings (SSSR count). The average Bonchev–Trinajstić information content (AvgIpc) is 1.89. The fourth-order valence-corrected chi connectivity index (χ4v) is 0.283. The van der Waals surface area contributed by atoms with Gasteiger partial charge in [0.1, 0.15) is 13.2 Å². The van der Waals surface area contributed by atoms with Crippen molar-refractivity contribution in [2.45, 2.75) is 0 Å². The zero-order valence-electron chi connectivity index (χ0n) is 4.81. The largest absolute Gasteiger partial charge is 0.376 e. The summed E-state index contributed by atoms with van der Waals surface area (Å²) in [5.41, 5.74) is 0. The minimum absolute atomic E-state index is 0.111. The van der Waals surface area contributed by atoms with Gasteiger partial charge in [-0.25, -0.2) is 0 Å². The molecular weight excluding hydrogens is 134 g/mol. The van der Waals surface area contributed by atoms with Gasteiger partial charge in [0, 0.05) is 0 Å². The van der Waals surface area contributed by atoms with Gasteiger partial charge >= 0.3 is 0 Å². The lowest BCUT2D eigenvalue weighted by molar-refractivity contribution is -0.164. The molecule has 0 aliphatic heterocycles. The quantitative estimate of drug-likeness (QED) is 0.513. The molecule has 0 aliphatic carbocycles. The molecule has 0 fully saturated rings. The van der Waals surface area contributed by atoms with E-state index in [4.69, 9.17) is 0 Å². The molecule has 0 saturated carbocycles. The second-order valence-corrected chi connectivity index (χ2v) is 1.24. The molecule has 0 atom stereocenters. The smallest absolute Gasteiger partial charge is 0.111 e. The standard InChI is InChI=1S/C4H8F2O3/c5-8-3-1-7-2-4-9-6/h1-4H2. The van der Waals surface area contributed by atoms with Crippen molar-refractivity contribution in [3.8, 4) is 0 Å². The third-order valence-corrected chi connectivity index (χ3v) is 0.610. The molecule has 3 nitrogen and oxygen atoms in total. The highest BCUT2D eigenvalue weighted by atomic mass is 19.3. The summed E-state index contributed by atoms with van der Waals surface area (Å²) < 4.78 is 26.2. The highest BCUT2D eigenvalue weighted by Crippen LogP contribution is 1.79. The molecule has 0 aromatic rings. The van der Waals surface area contributed by atoms with E-state index in [0.29, 0.717) is 0 Å². The molecule has 0 aliphatic rings. The molecule has 5 heteroatoms. The van der Waals surface area contributed by atoms with Gasteiger partial charge in [0.15, 0.2) is 0 Å². The first-order chi connectivity index (χ1) is 4.41. The second-order valence-electron chi connectivity index (χ2n) is 1.24. The Kier molecular flexibility index (Phi) is 7.52. The van der Waals surface area contributed by atoms with Gasteiger partial charge in [-0.05, 0) is 9.05 Å². The van der Waals surface area contributed by atoms with Crippen LogP contribution in [0.5, 0.6) is 0 Å². The van der Waals surface area contributed by atoms with Gasteiger partial charge in [0.05, 0.1) is 13.2 Å². The maximum Gasteiger partial charge on any atom is 0.111 e. The van der Waals surface area contributed by atoms with Gasteiger partial charge in [-0.1, -0.05) is 0 Å². The van der Waals surface area contributed by atoms with E-state index in [1.807, 2.05) is 0 Å². The summed E-state index contributed by atoms with van der Waals surface area (Å²) in [5.74, 6) is 0. The number of halogens is 2. The Morgan fingerprint density at radius 2 is 1.22 bits per heavy atom. The van der Waals surface area contributed by atoms with E-state index >= 15 is 0 Å². The van der Waals surface area contributed by atoms with E-state index in [-0.39, 0.29) is 26.4 Å². The average molecular weight is 142 g/mol. The van der Waals surface area contributed by atoms with Gasteiger partial charge in [-0.15, -0.1) is 0 Å². The lowest BCUT2D eigenvalue weighted by atomic mass is 10.7. The molecule has 0 aromatic carbocycles. The molecular formula is C4H8F2O3. The molecule has 0 spiro atoms. The molecule has 9 heavy (non-hydrogen) atoms. The van der Waals surface area contributed by atoms with Crippen molar-refractivity contribution in [2.75, 3.05) is 26.4 Å². The highest BCUT2D eigenvalue weighted by Gasteiger charge is 1.87. The molecule has 0 saturated heterocycles. The van der Waals surface area contributed by atoms with Crippen molar-refractivity contribution >= 4 is 0 Å². The van der Waals surface area contributed by atoms with E-state index < -0.39 is 0 Å². The minimum Gasteiger partial charge on any atom is -0.376 e. The Balaban J connectivity index is 2.60. The first kappa shape index (κ1) is 8.74. The highest BCUT2D eigenvalue weighted by molar-refractivity contribution is 4.26. The third-order valence-electron chi connectivity index (χ3n) is 0.610. The molecule has 0 N–H and O–H groups in total. The summed E-state index contributed by atoms with van der Waals surface area (Å²) in [4.78, 5) is 6.32. The topological polar surface area (TPSA) is 27.7 Å². The van der Waals surface area contributed by atoms with Gasteiger partial charge in [0.25, 0.3) is 0 Å². The first-order valence-electron chi connectivity index (χ1n) is 2.46. The molecule has 56 valence electrons. The fraction of sp³-hybridized carbons (Fsp3) is 1.00. The first-order valence-corrected chi connectivity index (χ1v) is 2.46. The van der Waals surface area contributed by atoms with Crippen LogP contribution in [0.2, 0.25) is 0 Å². The van der Waals surface area contributed by atoms with Crippen LogP contribution in [0, 0.1) is 0 Å². The van der Waals surface area contributed by atoms with Crippen LogP contribution in [-0.4, -0.2) is 26.4 Å². The van der Waals surface area contributed by atoms with Crippen LogP contribution in [0.25, 0.3) is 0 Å². The lowest BCUT2D eigenvalue weighted by Crippen LogP contribution is -2.04. The van der Waals surface area contributed by atoms with Gasteiger partial charge in [-0.2, -0.15) is 9.88 Å². The van der Waals surface area contributed by atoms with E-state index in [2.05, 4.69) is 14.6 Å².